The summed E-state index contributed by atoms with van der Waals surface area (Å²) in [6.45, 7) is 5.60. The van der Waals surface area contributed by atoms with Gasteiger partial charge in [-0.25, -0.2) is 0 Å². The molecule has 1 aliphatic heterocycles. The second-order valence-electron chi connectivity index (χ2n) is 6.08. The number of likely N-dealkylation sites (tertiary alicyclic amines) is 1. The van der Waals surface area contributed by atoms with E-state index in [-0.39, 0.29) is 5.91 Å². The number of rotatable bonds is 6. The quantitative estimate of drug-likeness (QED) is 0.844. The van der Waals surface area contributed by atoms with Crippen LogP contribution in [0, 0.1) is 5.92 Å². The highest BCUT2D eigenvalue weighted by molar-refractivity contribution is 5.76. The van der Waals surface area contributed by atoms with Gasteiger partial charge >= 0.3 is 0 Å². The summed E-state index contributed by atoms with van der Waals surface area (Å²) in [5.74, 6) is 0.259. The molecule has 1 fully saturated rings. The van der Waals surface area contributed by atoms with Crippen molar-refractivity contribution >= 4 is 12.0 Å². The molecule has 2 rings (SSSR count). The molecule has 1 aromatic carbocycles. The predicted molar refractivity (Wildman–Crippen MR) is 89.4 cm³/mol. The number of nitrogens with zero attached hydrogens (tertiary/aromatic N) is 1. The van der Waals surface area contributed by atoms with Crippen LogP contribution in [0.5, 0.6) is 0 Å². The minimum Gasteiger partial charge on any atom is -0.387 e. The summed E-state index contributed by atoms with van der Waals surface area (Å²) in [5.41, 5.74) is 2.62. The van der Waals surface area contributed by atoms with E-state index in [1.807, 2.05) is 6.07 Å². The Morgan fingerprint density at radius 1 is 1.32 bits per heavy atom. The normalized spacial score (nSPS) is 17.5. The number of aliphatic hydroxyl groups excluding tert-OH is 1. The van der Waals surface area contributed by atoms with E-state index < -0.39 is 6.61 Å². The number of amides is 1. The van der Waals surface area contributed by atoms with Crippen molar-refractivity contribution < 1.29 is 9.90 Å². The molecule has 0 atom stereocenters. The van der Waals surface area contributed by atoms with E-state index in [4.69, 9.17) is 5.11 Å². The van der Waals surface area contributed by atoms with Gasteiger partial charge in [0.1, 0.15) is 6.61 Å². The third-order valence-corrected chi connectivity index (χ3v) is 4.12. The van der Waals surface area contributed by atoms with Crippen LogP contribution in [0.4, 0.5) is 0 Å². The molecular weight excluding hydrogens is 276 g/mol. The molecule has 4 nitrogen and oxygen atoms in total. The molecule has 120 valence electrons. The van der Waals surface area contributed by atoms with Crippen LogP contribution in [-0.4, -0.2) is 48.7 Å². The summed E-state index contributed by atoms with van der Waals surface area (Å²) >= 11 is 0. The third kappa shape index (κ3) is 5.62. The Bertz CT molecular complexity index is 491. The Labute approximate surface area is 132 Å². The zero-order chi connectivity index (χ0) is 15.8. The lowest BCUT2D eigenvalue weighted by atomic mass is 9.96. The summed E-state index contributed by atoms with van der Waals surface area (Å²) in [5, 5.41) is 11.5. The number of hydrogen-bond acceptors (Lipinski definition) is 3. The smallest absolute Gasteiger partial charge is 0.245 e. The van der Waals surface area contributed by atoms with Crippen LogP contribution in [0.15, 0.2) is 35.9 Å². The Balaban J connectivity index is 1.73. The highest BCUT2D eigenvalue weighted by atomic mass is 16.3. The molecule has 1 saturated heterocycles. The van der Waals surface area contributed by atoms with Crippen molar-refractivity contribution in [1.29, 1.82) is 0 Å². The van der Waals surface area contributed by atoms with Crippen molar-refractivity contribution in [2.45, 2.75) is 19.8 Å². The molecular formula is C18H26N2O2. The first-order valence-electron chi connectivity index (χ1n) is 7.99. The first-order chi connectivity index (χ1) is 10.7. The van der Waals surface area contributed by atoms with Gasteiger partial charge in [-0.2, -0.15) is 0 Å². The molecule has 0 aliphatic carbocycles. The number of aliphatic hydroxyl groups is 1. The van der Waals surface area contributed by atoms with Crippen molar-refractivity contribution in [3.63, 3.8) is 0 Å². The fourth-order valence-corrected chi connectivity index (χ4v) is 2.89. The summed E-state index contributed by atoms with van der Waals surface area (Å²) in [7, 11) is 0. The van der Waals surface area contributed by atoms with Crippen molar-refractivity contribution in [1.82, 2.24) is 10.2 Å². The Hall–Kier alpha value is -1.65. The van der Waals surface area contributed by atoms with E-state index >= 15 is 0 Å². The van der Waals surface area contributed by atoms with Gasteiger partial charge in [0.05, 0.1) is 0 Å². The maximum Gasteiger partial charge on any atom is 0.245 e. The number of benzene rings is 1. The van der Waals surface area contributed by atoms with Gasteiger partial charge in [-0.05, 0) is 44.3 Å². The van der Waals surface area contributed by atoms with E-state index in [0.29, 0.717) is 12.5 Å². The fraction of sp³-hybridized carbons (Fsp3) is 0.500. The molecule has 0 radical (unpaired) electrons. The van der Waals surface area contributed by atoms with Crippen molar-refractivity contribution in [2.75, 3.05) is 32.8 Å². The maximum atomic E-state index is 11.1. The first-order valence-corrected chi connectivity index (χ1v) is 7.99. The van der Waals surface area contributed by atoms with E-state index in [2.05, 4.69) is 47.5 Å². The molecule has 2 N–H and O–H groups in total. The largest absolute Gasteiger partial charge is 0.387 e. The maximum absolute atomic E-state index is 11.1. The van der Waals surface area contributed by atoms with E-state index in [0.717, 1.165) is 32.5 Å². The fourth-order valence-electron chi connectivity index (χ4n) is 2.89. The monoisotopic (exact) mass is 302 g/mol. The highest BCUT2D eigenvalue weighted by Gasteiger charge is 2.19. The lowest BCUT2D eigenvalue weighted by molar-refractivity contribution is -0.124. The number of piperidine rings is 1. The van der Waals surface area contributed by atoms with Gasteiger partial charge < -0.3 is 10.4 Å². The van der Waals surface area contributed by atoms with Crippen LogP contribution >= 0.6 is 0 Å². The topological polar surface area (TPSA) is 52.6 Å². The first kappa shape index (κ1) is 16.7. The predicted octanol–water partition coefficient (Wildman–Crippen LogP) is 1.91. The van der Waals surface area contributed by atoms with Crippen molar-refractivity contribution in [3.8, 4) is 0 Å². The summed E-state index contributed by atoms with van der Waals surface area (Å²) in [6.07, 6.45) is 4.45. The SMILES string of the molecule is CC(=Cc1ccccc1)CN1CCC(CNC(=O)CO)CC1. The lowest BCUT2D eigenvalue weighted by Gasteiger charge is -2.32. The molecule has 1 aliphatic rings. The number of nitrogens with one attached hydrogen (secondary N) is 1. The lowest BCUT2D eigenvalue weighted by Crippen LogP contribution is -2.39. The molecule has 1 amide bonds. The van der Waals surface area contributed by atoms with Crippen LogP contribution in [0.1, 0.15) is 25.3 Å². The molecule has 0 spiro atoms. The van der Waals surface area contributed by atoms with E-state index in [9.17, 15) is 4.79 Å². The van der Waals surface area contributed by atoms with Gasteiger partial charge in [0.2, 0.25) is 5.91 Å². The number of hydrogen-bond donors (Lipinski definition) is 2. The Morgan fingerprint density at radius 3 is 2.64 bits per heavy atom. The molecule has 0 saturated carbocycles. The third-order valence-electron chi connectivity index (χ3n) is 4.12. The van der Waals surface area contributed by atoms with Gasteiger partial charge in [-0.1, -0.05) is 42.0 Å². The molecule has 0 bridgehead atoms. The van der Waals surface area contributed by atoms with Crippen LogP contribution in [0.25, 0.3) is 6.08 Å². The molecule has 22 heavy (non-hydrogen) atoms. The van der Waals surface area contributed by atoms with E-state index in [1.165, 1.54) is 11.1 Å². The second-order valence-corrected chi connectivity index (χ2v) is 6.08. The average molecular weight is 302 g/mol. The summed E-state index contributed by atoms with van der Waals surface area (Å²) in [4.78, 5) is 13.5. The van der Waals surface area contributed by atoms with Crippen molar-refractivity contribution in [3.05, 3.63) is 41.5 Å². The standard InChI is InChI=1S/C18H26N2O2/c1-15(11-16-5-3-2-4-6-16)13-20-9-7-17(8-10-20)12-19-18(22)14-21/h2-6,11,17,21H,7-10,12-14H2,1H3,(H,19,22). The Morgan fingerprint density at radius 2 is 2.00 bits per heavy atom. The Kier molecular flexibility index (Phi) is 6.62. The van der Waals surface area contributed by atoms with Gasteiger partial charge in [0, 0.05) is 13.1 Å². The van der Waals surface area contributed by atoms with Crippen LogP contribution in [-0.2, 0) is 4.79 Å². The highest BCUT2D eigenvalue weighted by Crippen LogP contribution is 2.18. The summed E-state index contributed by atoms with van der Waals surface area (Å²) in [6, 6.07) is 10.4. The van der Waals surface area contributed by atoms with Gasteiger partial charge in [-0.15, -0.1) is 0 Å². The van der Waals surface area contributed by atoms with Gasteiger partial charge in [0.25, 0.3) is 0 Å². The van der Waals surface area contributed by atoms with Gasteiger partial charge in [0.15, 0.2) is 0 Å². The van der Waals surface area contributed by atoms with Crippen LogP contribution in [0.3, 0.4) is 0 Å². The number of carbonyl (C=O) groups excluding carboxylic acids is 1. The van der Waals surface area contributed by atoms with Crippen molar-refractivity contribution in [2.24, 2.45) is 5.92 Å². The van der Waals surface area contributed by atoms with Crippen LogP contribution in [0.2, 0.25) is 0 Å². The molecule has 1 heterocycles. The van der Waals surface area contributed by atoms with E-state index in [1.54, 1.807) is 0 Å². The minimum absolute atomic E-state index is 0.274. The van der Waals surface area contributed by atoms with Crippen LogP contribution < -0.4 is 5.32 Å². The summed E-state index contributed by atoms with van der Waals surface area (Å²) < 4.78 is 0. The average Bonchev–Trinajstić information content (AvgIpc) is 2.54. The molecule has 4 heteroatoms. The second kappa shape index (κ2) is 8.71. The zero-order valence-corrected chi connectivity index (χ0v) is 13.3. The molecule has 0 unspecified atom stereocenters. The molecule has 0 aromatic heterocycles. The van der Waals surface area contributed by atoms with Gasteiger partial charge in [-0.3, -0.25) is 9.69 Å². The number of carbonyl (C=O) groups is 1. The zero-order valence-electron chi connectivity index (χ0n) is 13.3. The minimum atomic E-state index is -0.414. The molecule has 1 aromatic rings.